The summed E-state index contributed by atoms with van der Waals surface area (Å²) in [4.78, 5) is 13.5. The molecule has 0 aliphatic carbocycles. The van der Waals surface area contributed by atoms with Crippen molar-refractivity contribution in [3.63, 3.8) is 0 Å². The van der Waals surface area contributed by atoms with E-state index in [2.05, 4.69) is 33.6 Å². The Bertz CT molecular complexity index is 1070. The van der Waals surface area contributed by atoms with E-state index in [9.17, 15) is 8.42 Å². The van der Waals surface area contributed by atoms with Gasteiger partial charge in [-0.25, -0.2) is 18.4 Å². The second kappa shape index (κ2) is 10.8. The highest BCUT2D eigenvalue weighted by atomic mass is 35.5. The fraction of sp³-hybridized carbons (Fsp3) is 0.583. The van der Waals surface area contributed by atoms with Crippen LogP contribution in [0, 0.1) is 11.8 Å². The van der Waals surface area contributed by atoms with Crippen LogP contribution in [-0.4, -0.2) is 79.7 Å². The van der Waals surface area contributed by atoms with Crippen molar-refractivity contribution in [3.05, 3.63) is 46.7 Å². The van der Waals surface area contributed by atoms with E-state index in [1.165, 1.54) is 10.6 Å². The van der Waals surface area contributed by atoms with E-state index in [0.29, 0.717) is 55.4 Å². The molecule has 0 amide bonds. The minimum absolute atomic E-state index is 0.372. The fourth-order valence-corrected chi connectivity index (χ4v) is 5.63. The molecule has 0 radical (unpaired) electrons. The minimum Gasteiger partial charge on any atom is -0.492 e. The van der Waals surface area contributed by atoms with Gasteiger partial charge in [0.25, 0.3) is 0 Å². The van der Waals surface area contributed by atoms with Gasteiger partial charge in [0.2, 0.25) is 16.0 Å². The molecule has 8 nitrogen and oxygen atoms in total. The molecule has 4 rings (SSSR count). The highest BCUT2D eigenvalue weighted by molar-refractivity contribution is 7.88. The van der Waals surface area contributed by atoms with Crippen molar-refractivity contribution < 1.29 is 13.2 Å². The molecule has 2 aliphatic heterocycles. The maximum atomic E-state index is 11.7. The third-order valence-corrected chi connectivity index (χ3v) is 8.40. The number of anilines is 1. The van der Waals surface area contributed by atoms with Crippen molar-refractivity contribution in [2.75, 3.05) is 57.0 Å². The van der Waals surface area contributed by atoms with Gasteiger partial charge in [-0.05, 0) is 35.6 Å². The first-order chi connectivity index (χ1) is 16.2. The first kappa shape index (κ1) is 25.2. The van der Waals surface area contributed by atoms with Crippen molar-refractivity contribution >= 4 is 27.6 Å². The number of halogens is 1. The van der Waals surface area contributed by atoms with Gasteiger partial charge in [0.05, 0.1) is 17.9 Å². The van der Waals surface area contributed by atoms with E-state index in [-0.39, 0.29) is 0 Å². The van der Waals surface area contributed by atoms with Crippen LogP contribution in [0.15, 0.2) is 30.6 Å². The molecule has 0 spiro atoms. The summed E-state index contributed by atoms with van der Waals surface area (Å²) in [6, 6.07) is 5.93. The van der Waals surface area contributed by atoms with Crippen LogP contribution in [0.5, 0.6) is 5.75 Å². The number of hydrogen-bond acceptors (Lipinski definition) is 7. The van der Waals surface area contributed by atoms with Crippen molar-refractivity contribution in [1.82, 2.24) is 19.2 Å². The van der Waals surface area contributed by atoms with Gasteiger partial charge < -0.3 is 9.64 Å². The SMILES string of the molecule is CCc1cnc(N2C[C@@H](COc3ccc(CN4CCN(S(C)(=O)=O)CC4)cc3Cl)[C@@H](C)C2)nc1. The summed E-state index contributed by atoms with van der Waals surface area (Å²) >= 11 is 6.54. The summed E-state index contributed by atoms with van der Waals surface area (Å²) < 4.78 is 31.0. The highest BCUT2D eigenvalue weighted by Gasteiger charge is 2.31. The standard InChI is InChI=1S/C24H34ClN5O3S/c1-4-19-12-26-24(27-13-19)29-14-18(2)21(16-29)17-33-23-6-5-20(11-22(23)25)15-28-7-9-30(10-8-28)34(3,31)32/h5-6,11-13,18,21H,4,7-10,14-17H2,1-3H3/t18-,21-/m0/s1. The molecule has 0 unspecified atom stereocenters. The molecular weight excluding hydrogens is 474 g/mol. The molecule has 3 heterocycles. The zero-order chi connectivity index (χ0) is 24.3. The molecule has 2 saturated heterocycles. The van der Waals surface area contributed by atoms with Crippen LogP contribution in [0.25, 0.3) is 0 Å². The molecule has 2 aromatic rings. The largest absolute Gasteiger partial charge is 0.492 e. The van der Waals surface area contributed by atoms with Crippen molar-refractivity contribution in [3.8, 4) is 5.75 Å². The van der Waals surface area contributed by atoms with Gasteiger partial charge in [0.15, 0.2) is 0 Å². The lowest BCUT2D eigenvalue weighted by atomic mass is 9.99. The summed E-state index contributed by atoms with van der Waals surface area (Å²) in [5.41, 5.74) is 2.24. The molecular formula is C24H34ClN5O3S. The number of piperazine rings is 1. The first-order valence-electron chi connectivity index (χ1n) is 11.9. The number of ether oxygens (including phenoxy) is 1. The van der Waals surface area contributed by atoms with Gasteiger partial charge in [-0.2, -0.15) is 4.31 Å². The lowest BCUT2D eigenvalue weighted by Gasteiger charge is -2.33. The summed E-state index contributed by atoms with van der Waals surface area (Å²) in [5, 5.41) is 0.605. The van der Waals surface area contributed by atoms with Crippen LogP contribution in [0.3, 0.4) is 0 Å². The van der Waals surface area contributed by atoms with Gasteiger partial charge in [-0.3, -0.25) is 4.90 Å². The van der Waals surface area contributed by atoms with E-state index in [1.807, 2.05) is 30.6 Å². The molecule has 0 bridgehead atoms. The fourth-order valence-electron chi connectivity index (χ4n) is 4.54. The molecule has 10 heteroatoms. The van der Waals surface area contributed by atoms with Gasteiger partial charge in [0, 0.05) is 64.1 Å². The van der Waals surface area contributed by atoms with E-state index in [4.69, 9.17) is 16.3 Å². The highest BCUT2D eigenvalue weighted by Crippen LogP contribution is 2.30. The van der Waals surface area contributed by atoms with Gasteiger partial charge in [-0.15, -0.1) is 0 Å². The second-order valence-electron chi connectivity index (χ2n) is 9.40. The van der Waals surface area contributed by atoms with Gasteiger partial charge in [-0.1, -0.05) is 31.5 Å². The third-order valence-electron chi connectivity index (χ3n) is 6.81. The maximum Gasteiger partial charge on any atom is 0.225 e. The average molecular weight is 508 g/mol. The Hall–Kier alpha value is -1.94. The minimum atomic E-state index is -3.12. The molecule has 2 atom stereocenters. The Labute approximate surface area is 207 Å². The summed E-state index contributed by atoms with van der Waals surface area (Å²) in [5.74, 6) is 2.32. The van der Waals surface area contributed by atoms with Crippen LogP contribution in [0.1, 0.15) is 25.0 Å². The Kier molecular flexibility index (Phi) is 7.97. The van der Waals surface area contributed by atoms with E-state index in [0.717, 1.165) is 43.1 Å². The Morgan fingerprint density at radius 3 is 2.41 bits per heavy atom. The van der Waals surface area contributed by atoms with Crippen molar-refractivity contribution in [1.29, 1.82) is 0 Å². The molecule has 2 fully saturated rings. The predicted molar refractivity (Wildman–Crippen MR) is 135 cm³/mol. The summed E-state index contributed by atoms with van der Waals surface area (Å²) in [6.07, 6.45) is 6.02. The Morgan fingerprint density at radius 1 is 1.09 bits per heavy atom. The molecule has 1 aromatic heterocycles. The monoisotopic (exact) mass is 507 g/mol. The zero-order valence-electron chi connectivity index (χ0n) is 20.2. The van der Waals surface area contributed by atoms with Crippen molar-refractivity contribution in [2.45, 2.75) is 26.8 Å². The summed E-state index contributed by atoms with van der Waals surface area (Å²) in [7, 11) is -3.12. The molecule has 186 valence electrons. The van der Waals surface area contributed by atoms with Gasteiger partial charge in [0.1, 0.15) is 5.75 Å². The van der Waals surface area contributed by atoms with Crippen LogP contribution < -0.4 is 9.64 Å². The molecule has 34 heavy (non-hydrogen) atoms. The third kappa shape index (κ3) is 6.19. The lowest BCUT2D eigenvalue weighted by molar-refractivity contribution is 0.182. The number of sulfonamides is 1. The number of aryl methyl sites for hydroxylation is 1. The van der Waals surface area contributed by atoms with E-state index >= 15 is 0 Å². The predicted octanol–water partition coefficient (Wildman–Crippen LogP) is 2.92. The topological polar surface area (TPSA) is 78.9 Å². The smallest absolute Gasteiger partial charge is 0.225 e. The number of rotatable bonds is 8. The number of hydrogen-bond donors (Lipinski definition) is 0. The van der Waals surface area contributed by atoms with Crippen LogP contribution in [-0.2, 0) is 23.0 Å². The van der Waals surface area contributed by atoms with Gasteiger partial charge >= 0.3 is 0 Å². The van der Waals surface area contributed by atoms with Crippen LogP contribution in [0.4, 0.5) is 5.95 Å². The first-order valence-corrected chi connectivity index (χ1v) is 14.1. The van der Waals surface area contributed by atoms with Crippen LogP contribution >= 0.6 is 11.6 Å². The van der Waals surface area contributed by atoms with Crippen LogP contribution in [0.2, 0.25) is 5.02 Å². The molecule has 0 N–H and O–H groups in total. The molecule has 2 aliphatic rings. The average Bonchev–Trinajstić information content (AvgIpc) is 3.19. The Morgan fingerprint density at radius 2 is 1.79 bits per heavy atom. The maximum absolute atomic E-state index is 11.7. The quantitative estimate of drug-likeness (QED) is 0.543. The zero-order valence-corrected chi connectivity index (χ0v) is 21.7. The number of nitrogens with zero attached hydrogens (tertiary/aromatic N) is 5. The van der Waals surface area contributed by atoms with E-state index < -0.39 is 10.0 Å². The lowest BCUT2D eigenvalue weighted by Crippen LogP contribution is -2.47. The molecule has 1 aromatic carbocycles. The van der Waals surface area contributed by atoms with Crippen molar-refractivity contribution in [2.24, 2.45) is 11.8 Å². The number of aromatic nitrogens is 2. The Balaban J connectivity index is 1.28. The number of benzene rings is 1. The molecule has 0 saturated carbocycles. The second-order valence-corrected chi connectivity index (χ2v) is 11.8. The summed E-state index contributed by atoms with van der Waals surface area (Å²) in [6.45, 7) is 9.93. The van der Waals surface area contributed by atoms with E-state index in [1.54, 1.807) is 0 Å². The normalized spacial score (nSPS) is 22.3.